The van der Waals surface area contributed by atoms with E-state index in [4.69, 9.17) is 32.4 Å². The summed E-state index contributed by atoms with van der Waals surface area (Å²) in [5.41, 5.74) is 1.79. The van der Waals surface area contributed by atoms with Gasteiger partial charge in [0.05, 0.1) is 41.0 Å². The second-order valence-corrected chi connectivity index (χ2v) is 16.9. The number of rotatable bonds is 8. The third kappa shape index (κ3) is 7.07. The van der Waals surface area contributed by atoms with Crippen molar-refractivity contribution < 1.29 is 13.6 Å². The molecule has 3 atom stereocenters. The summed E-state index contributed by atoms with van der Waals surface area (Å²) in [4.78, 5) is 22.3. The van der Waals surface area contributed by atoms with Gasteiger partial charge in [-0.3, -0.25) is 4.79 Å². The number of hydrogen-bond acceptors (Lipinski definition) is 6. The molecule has 1 fully saturated rings. The molecule has 11 heteroatoms. The number of hydrogen-bond donors (Lipinski definition) is 1. The fourth-order valence-corrected chi connectivity index (χ4v) is 5.40. The van der Waals surface area contributed by atoms with E-state index < -0.39 is 26.6 Å². The van der Waals surface area contributed by atoms with Crippen LogP contribution in [0.25, 0.3) is 11.3 Å². The number of pyridine rings is 1. The van der Waals surface area contributed by atoms with Crippen molar-refractivity contribution in [2.24, 2.45) is 0 Å². The lowest BCUT2D eigenvalue weighted by atomic mass is 10.1. The number of aromatic nitrogens is 3. The first kappa shape index (κ1) is 29.7. The SMILES string of the molecule is CC(C)(C)[Si](C)(C)OC[C@H](c1ccc(Cl)c(Cl)c1)n1ccc(-c2ccnc(N[C@H]3CCOC[C@H]3F)n2)cc1=O. The van der Waals surface area contributed by atoms with E-state index in [1.807, 2.05) is 12.1 Å². The van der Waals surface area contributed by atoms with Gasteiger partial charge in [-0.05, 0) is 54.4 Å². The third-order valence-electron chi connectivity index (χ3n) is 7.57. The van der Waals surface area contributed by atoms with Gasteiger partial charge in [-0.1, -0.05) is 50.0 Å². The van der Waals surface area contributed by atoms with Crippen molar-refractivity contribution in [3.8, 4) is 11.3 Å². The normalized spacial score (nSPS) is 19.1. The number of halogens is 3. The Morgan fingerprint density at radius 3 is 2.64 bits per heavy atom. The van der Waals surface area contributed by atoms with Crippen LogP contribution < -0.4 is 10.9 Å². The average Bonchev–Trinajstić information content (AvgIpc) is 2.88. The van der Waals surface area contributed by atoms with Gasteiger partial charge in [0.2, 0.25) is 5.95 Å². The van der Waals surface area contributed by atoms with Gasteiger partial charge in [0, 0.05) is 30.6 Å². The number of ether oxygens (including phenoxy) is 1. The summed E-state index contributed by atoms with van der Waals surface area (Å²) in [5.74, 6) is 0.308. The molecule has 1 aromatic carbocycles. The fraction of sp³-hybridized carbons (Fsp3) is 0.464. The molecule has 2 aromatic heterocycles. The Labute approximate surface area is 239 Å². The van der Waals surface area contributed by atoms with Gasteiger partial charge in [-0.25, -0.2) is 14.4 Å². The summed E-state index contributed by atoms with van der Waals surface area (Å²) in [7, 11) is -2.10. The molecule has 3 aromatic rings. The predicted octanol–water partition coefficient (Wildman–Crippen LogP) is 6.76. The second-order valence-electron chi connectivity index (χ2n) is 11.3. The molecule has 1 N–H and O–H groups in total. The van der Waals surface area contributed by atoms with Crippen LogP contribution in [0, 0.1) is 0 Å². The Balaban J connectivity index is 1.63. The van der Waals surface area contributed by atoms with E-state index in [-0.39, 0.29) is 17.2 Å². The Bertz CT molecular complexity index is 1370. The molecule has 39 heavy (non-hydrogen) atoms. The van der Waals surface area contributed by atoms with E-state index in [0.29, 0.717) is 46.9 Å². The molecule has 0 saturated carbocycles. The van der Waals surface area contributed by atoms with Crippen LogP contribution in [0.5, 0.6) is 0 Å². The van der Waals surface area contributed by atoms with Crippen LogP contribution in [0.4, 0.5) is 10.3 Å². The number of alkyl halides is 1. The minimum atomic E-state index is -2.10. The lowest BCUT2D eigenvalue weighted by molar-refractivity contribution is 0.0284. The van der Waals surface area contributed by atoms with Gasteiger partial charge >= 0.3 is 0 Å². The summed E-state index contributed by atoms with van der Waals surface area (Å²) < 4.78 is 27.6. The molecule has 0 spiro atoms. The summed E-state index contributed by atoms with van der Waals surface area (Å²) in [6, 6.07) is 9.63. The molecule has 3 heterocycles. The highest BCUT2D eigenvalue weighted by atomic mass is 35.5. The van der Waals surface area contributed by atoms with Gasteiger partial charge in [0.1, 0.15) is 6.17 Å². The van der Waals surface area contributed by atoms with E-state index in [1.165, 1.54) is 6.07 Å². The van der Waals surface area contributed by atoms with Crippen molar-refractivity contribution >= 4 is 37.5 Å². The van der Waals surface area contributed by atoms with Crippen LogP contribution in [-0.2, 0) is 9.16 Å². The van der Waals surface area contributed by atoms with Crippen LogP contribution in [0.1, 0.15) is 38.8 Å². The van der Waals surface area contributed by atoms with Gasteiger partial charge < -0.3 is 19.0 Å². The first-order chi connectivity index (χ1) is 18.4. The molecule has 0 radical (unpaired) electrons. The zero-order chi connectivity index (χ0) is 28.4. The minimum absolute atomic E-state index is 0.00951. The van der Waals surface area contributed by atoms with Gasteiger partial charge in [-0.15, -0.1) is 0 Å². The van der Waals surface area contributed by atoms with Crippen LogP contribution >= 0.6 is 23.2 Å². The van der Waals surface area contributed by atoms with Crippen LogP contribution in [0.3, 0.4) is 0 Å². The van der Waals surface area contributed by atoms with Crippen molar-refractivity contribution in [3.05, 3.63) is 74.8 Å². The lowest BCUT2D eigenvalue weighted by Gasteiger charge is -2.37. The summed E-state index contributed by atoms with van der Waals surface area (Å²) >= 11 is 12.5. The van der Waals surface area contributed by atoms with Crippen molar-refractivity contribution in [3.63, 3.8) is 0 Å². The quantitative estimate of drug-likeness (QED) is 0.291. The largest absolute Gasteiger partial charge is 0.414 e. The van der Waals surface area contributed by atoms with Crippen molar-refractivity contribution in [1.29, 1.82) is 0 Å². The van der Waals surface area contributed by atoms with Gasteiger partial charge in [-0.2, -0.15) is 0 Å². The van der Waals surface area contributed by atoms with E-state index in [1.54, 1.807) is 35.2 Å². The first-order valence-electron chi connectivity index (χ1n) is 13.0. The first-order valence-corrected chi connectivity index (χ1v) is 16.6. The van der Waals surface area contributed by atoms with Crippen molar-refractivity contribution in [2.75, 3.05) is 25.1 Å². The molecule has 1 aliphatic rings. The highest BCUT2D eigenvalue weighted by Gasteiger charge is 2.38. The summed E-state index contributed by atoms with van der Waals surface area (Å²) in [6.45, 7) is 11.7. The zero-order valence-electron chi connectivity index (χ0n) is 22.9. The zero-order valence-corrected chi connectivity index (χ0v) is 25.4. The van der Waals surface area contributed by atoms with Crippen LogP contribution in [0.15, 0.2) is 53.6 Å². The molecular weight excluding hydrogens is 558 g/mol. The molecule has 0 unspecified atom stereocenters. The molecule has 1 saturated heterocycles. The number of nitrogens with zero attached hydrogens (tertiary/aromatic N) is 3. The fourth-order valence-electron chi connectivity index (χ4n) is 4.09. The molecule has 0 amide bonds. The Morgan fingerprint density at radius 1 is 1.21 bits per heavy atom. The van der Waals surface area contributed by atoms with Gasteiger partial charge in [0.15, 0.2) is 8.32 Å². The monoisotopic (exact) mass is 592 g/mol. The summed E-state index contributed by atoms with van der Waals surface area (Å²) in [5, 5.41) is 3.93. The van der Waals surface area contributed by atoms with E-state index >= 15 is 0 Å². The maximum absolute atomic E-state index is 14.2. The number of anilines is 1. The standard InChI is InChI=1S/C28H35Cl2FN4O3Si/c1-28(2,3)39(4,5)38-17-25(19-6-7-20(29)21(30)14-19)35-12-9-18(15-26(35)36)23-8-11-32-27(33-23)34-24-10-13-37-16-22(24)31/h6-9,11-12,14-15,22,24-25H,10,13,16-17H2,1-5H3,(H,32,33,34)/t22-,24+,25-/m1/s1. The Kier molecular flexibility index (Phi) is 9.18. The molecule has 0 aliphatic carbocycles. The third-order valence-corrected chi connectivity index (χ3v) is 12.8. The smallest absolute Gasteiger partial charge is 0.251 e. The van der Waals surface area contributed by atoms with Crippen LogP contribution in [0.2, 0.25) is 28.2 Å². The van der Waals surface area contributed by atoms with Crippen molar-refractivity contribution in [2.45, 2.75) is 63.6 Å². The Hall–Kier alpha value is -2.30. The molecule has 1 aliphatic heterocycles. The van der Waals surface area contributed by atoms with Crippen LogP contribution in [-0.4, -0.2) is 54.9 Å². The van der Waals surface area contributed by atoms with E-state index in [2.05, 4.69) is 49.1 Å². The Morgan fingerprint density at radius 2 is 1.97 bits per heavy atom. The maximum atomic E-state index is 14.2. The lowest BCUT2D eigenvalue weighted by Crippen LogP contribution is -2.43. The highest BCUT2D eigenvalue weighted by molar-refractivity contribution is 6.74. The maximum Gasteiger partial charge on any atom is 0.251 e. The molecule has 4 rings (SSSR count). The number of benzene rings is 1. The molecular formula is C28H35Cl2FN4O3Si. The topological polar surface area (TPSA) is 78.3 Å². The highest BCUT2D eigenvalue weighted by Crippen LogP contribution is 2.38. The van der Waals surface area contributed by atoms with E-state index in [9.17, 15) is 9.18 Å². The summed E-state index contributed by atoms with van der Waals surface area (Å²) in [6.07, 6.45) is 2.72. The molecule has 0 bridgehead atoms. The van der Waals surface area contributed by atoms with E-state index in [0.717, 1.165) is 5.56 Å². The average molecular weight is 594 g/mol. The molecule has 210 valence electrons. The predicted molar refractivity (Wildman–Crippen MR) is 157 cm³/mol. The van der Waals surface area contributed by atoms with Crippen molar-refractivity contribution in [1.82, 2.24) is 14.5 Å². The minimum Gasteiger partial charge on any atom is -0.414 e. The van der Waals surface area contributed by atoms with Gasteiger partial charge in [0.25, 0.3) is 5.56 Å². The molecule has 7 nitrogen and oxygen atoms in total. The second kappa shape index (κ2) is 12.1. The number of nitrogens with one attached hydrogen (secondary N) is 1.